The van der Waals surface area contributed by atoms with Gasteiger partial charge in [-0.2, -0.15) is 0 Å². The van der Waals surface area contributed by atoms with Crippen molar-refractivity contribution in [3.63, 3.8) is 0 Å². The third-order valence-electron chi connectivity index (χ3n) is 11.0. The molecule has 41 heavy (non-hydrogen) atoms. The van der Waals surface area contributed by atoms with Crippen LogP contribution in [-0.4, -0.2) is 68.5 Å². The average molecular weight is 583 g/mol. The fraction of sp³-hybridized carbons (Fsp3) is 0.871. The molecule has 0 aromatic rings. The van der Waals surface area contributed by atoms with Crippen LogP contribution < -0.4 is 10.6 Å². The number of hydrogen-bond donors (Lipinski definition) is 6. The van der Waals surface area contributed by atoms with Crippen molar-refractivity contribution >= 4 is 23.9 Å². The fourth-order valence-electron chi connectivity index (χ4n) is 7.94. The predicted octanol–water partition coefficient (Wildman–Crippen LogP) is 4.85. The number of carbonyl (C=O) groups is 4. The van der Waals surface area contributed by atoms with Gasteiger partial charge in [-0.25, -0.2) is 0 Å². The Hall–Kier alpha value is -2.20. The first kappa shape index (κ1) is 35.0. The van der Waals surface area contributed by atoms with Gasteiger partial charge in [-0.05, 0) is 94.3 Å². The molecule has 0 radical (unpaired) electrons. The van der Waals surface area contributed by atoms with Crippen molar-refractivity contribution < 1.29 is 39.6 Å². The molecule has 10 heteroatoms. The zero-order valence-corrected chi connectivity index (χ0v) is 25.8. The van der Waals surface area contributed by atoms with Crippen LogP contribution >= 0.6 is 0 Å². The van der Waals surface area contributed by atoms with Crippen molar-refractivity contribution in [2.45, 2.75) is 136 Å². The van der Waals surface area contributed by atoms with E-state index in [2.05, 4.69) is 24.5 Å². The van der Waals surface area contributed by atoms with Gasteiger partial charge in [-0.15, -0.1) is 0 Å². The number of carboxylic acid groups (broad SMARTS) is 4. The number of aliphatic carboxylic acids is 4. The molecule has 0 amide bonds. The SMILES string of the molecule is CCC(CC)(C(=O)O)[C@H](NC1CCC(CC2CCC(N[C@H](C(=O)O)C(CC)(CC)C(=O)O)C(C)C2)CC1C)C(=O)O. The van der Waals surface area contributed by atoms with Gasteiger partial charge in [0, 0.05) is 12.1 Å². The molecule has 0 saturated heterocycles. The van der Waals surface area contributed by atoms with E-state index in [1.165, 1.54) is 0 Å². The highest BCUT2D eigenvalue weighted by atomic mass is 16.4. The van der Waals surface area contributed by atoms with Gasteiger partial charge in [0.15, 0.2) is 0 Å². The first-order valence-corrected chi connectivity index (χ1v) is 15.7. The molecule has 2 rings (SSSR count). The number of carboxylic acids is 4. The van der Waals surface area contributed by atoms with E-state index in [0.717, 1.165) is 44.9 Å². The van der Waals surface area contributed by atoms with Crippen LogP contribution in [0, 0.1) is 34.5 Å². The minimum Gasteiger partial charge on any atom is -0.481 e. The minimum atomic E-state index is -1.34. The second-order valence-electron chi connectivity index (χ2n) is 13.0. The third-order valence-corrected chi connectivity index (χ3v) is 11.0. The van der Waals surface area contributed by atoms with E-state index >= 15 is 0 Å². The predicted molar refractivity (Wildman–Crippen MR) is 156 cm³/mol. The van der Waals surface area contributed by atoms with Crippen molar-refractivity contribution in [2.75, 3.05) is 0 Å². The summed E-state index contributed by atoms with van der Waals surface area (Å²) in [5.74, 6) is -2.94. The highest BCUT2D eigenvalue weighted by Crippen LogP contribution is 2.41. The van der Waals surface area contributed by atoms with E-state index < -0.39 is 46.8 Å². The van der Waals surface area contributed by atoms with Crippen molar-refractivity contribution in [3.8, 4) is 0 Å². The molecular weight excluding hydrogens is 528 g/mol. The first-order valence-electron chi connectivity index (χ1n) is 15.7. The Bertz CT molecular complexity index is 844. The Morgan fingerprint density at radius 1 is 0.634 bits per heavy atom. The van der Waals surface area contributed by atoms with Crippen molar-refractivity contribution in [1.29, 1.82) is 0 Å². The molecule has 0 aromatic heterocycles. The molecule has 2 saturated carbocycles. The van der Waals surface area contributed by atoms with Crippen LogP contribution in [0.15, 0.2) is 0 Å². The number of rotatable bonds is 16. The Morgan fingerprint density at radius 2 is 0.951 bits per heavy atom. The van der Waals surface area contributed by atoms with Crippen LogP contribution in [0.25, 0.3) is 0 Å². The standard InChI is InChI=1S/C31H54N2O8/c1-7-30(8-2,28(38)39)24(26(34)35)32-22-13-11-20(15-18(22)5)17-21-12-14-23(19(6)16-21)33-25(27(36)37)31(9-3,10-4)29(40)41/h18-25,32-33H,7-17H2,1-6H3,(H,34,35)(H,36,37)(H,38,39)(H,40,41)/t18?,19?,20?,21?,22?,23?,24-,25-/m1/s1. The van der Waals surface area contributed by atoms with E-state index in [9.17, 15) is 39.6 Å². The first-order chi connectivity index (χ1) is 19.2. The normalized spacial score (nSPS) is 28.9. The van der Waals surface area contributed by atoms with Crippen molar-refractivity contribution in [1.82, 2.24) is 10.6 Å². The highest BCUT2D eigenvalue weighted by Gasteiger charge is 2.50. The van der Waals surface area contributed by atoms with Crippen LogP contribution in [-0.2, 0) is 19.2 Å². The van der Waals surface area contributed by atoms with E-state index in [-0.39, 0.29) is 49.6 Å². The molecule has 0 aliphatic heterocycles. The topological polar surface area (TPSA) is 173 Å². The summed E-state index contributed by atoms with van der Waals surface area (Å²) in [5, 5.41) is 46.2. The maximum absolute atomic E-state index is 12.2. The molecular formula is C31H54N2O8. The Labute approximate surface area is 245 Å². The van der Waals surface area contributed by atoms with Gasteiger partial charge in [0.25, 0.3) is 0 Å². The van der Waals surface area contributed by atoms with E-state index in [0.29, 0.717) is 11.8 Å². The third kappa shape index (κ3) is 7.61. The summed E-state index contributed by atoms with van der Waals surface area (Å²) in [7, 11) is 0. The maximum atomic E-state index is 12.2. The zero-order chi connectivity index (χ0) is 31.1. The molecule has 6 unspecified atom stereocenters. The minimum absolute atomic E-state index is 0.0531. The fourth-order valence-corrected chi connectivity index (χ4v) is 7.94. The van der Waals surface area contributed by atoms with Gasteiger partial charge in [0.2, 0.25) is 0 Å². The molecule has 0 aromatic carbocycles. The number of hydrogen-bond acceptors (Lipinski definition) is 6. The van der Waals surface area contributed by atoms with Gasteiger partial charge < -0.3 is 31.1 Å². The van der Waals surface area contributed by atoms with Crippen LogP contribution in [0.1, 0.15) is 112 Å². The quantitative estimate of drug-likeness (QED) is 0.148. The Kier molecular flexibility index (Phi) is 12.6. The smallest absolute Gasteiger partial charge is 0.321 e. The molecule has 2 aliphatic rings. The van der Waals surface area contributed by atoms with Crippen LogP contribution in [0.5, 0.6) is 0 Å². The molecule has 236 valence electrons. The lowest BCUT2D eigenvalue weighted by molar-refractivity contribution is -0.160. The molecule has 6 N–H and O–H groups in total. The summed E-state index contributed by atoms with van der Waals surface area (Å²) in [6.45, 7) is 11.2. The summed E-state index contributed by atoms with van der Waals surface area (Å²) in [6, 6.07) is -2.39. The average Bonchev–Trinajstić information content (AvgIpc) is 2.91. The number of nitrogens with one attached hydrogen (secondary N) is 2. The largest absolute Gasteiger partial charge is 0.481 e. The monoisotopic (exact) mass is 582 g/mol. The van der Waals surface area contributed by atoms with Crippen molar-refractivity contribution in [2.24, 2.45) is 34.5 Å². The molecule has 0 bridgehead atoms. The molecule has 0 heterocycles. The van der Waals surface area contributed by atoms with Crippen molar-refractivity contribution in [3.05, 3.63) is 0 Å². The van der Waals surface area contributed by atoms with Gasteiger partial charge in [0.1, 0.15) is 12.1 Å². The summed E-state index contributed by atoms with van der Waals surface area (Å²) in [6.07, 6.45) is 7.43. The second kappa shape index (κ2) is 14.8. The summed E-state index contributed by atoms with van der Waals surface area (Å²) in [5.41, 5.74) is -2.69. The van der Waals surface area contributed by atoms with E-state index in [1.807, 2.05) is 0 Å². The van der Waals surface area contributed by atoms with Crippen LogP contribution in [0.3, 0.4) is 0 Å². The highest BCUT2D eigenvalue weighted by molar-refractivity contribution is 5.86. The molecule has 8 atom stereocenters. The summed E-state index contributed by atoms with van der Waals surface area (Å²) >= 11 is 0. The Balaban J connectivity index is 1.99. The lowest BCUT2D eigenvalue weighted by Crippen LogP contribution is -2.59. The van der Waals surface area contributed by atoms with Crippen LogP contribution in [0.4, 0.5) is 0 Å². The summed E-state index contributed by atoms with van der Waals surface area (Å²) < 4.78 is 0. The lowest BCUT2D eigenvalue weighted by atomic mass is 9.69. The van der Waals surface area contributed by atoms with Gasteiger partial charge in [0.05, 0.1) is 10.8 Å². The lowest BCUT2D eigenvalue weighted by Gasteiger charge is -2.43. The molecule has 2 fully saturated rings. The second-order valence-corrected chi connectivity index (χ2v) is 13.0. The van der Waals surface area contributed by atoms with Gasteiger partial charge >= 0.3 is 23.9 Å². The van der Waals surface area contributed by atoms with E-state index in [1.54, 1.807) is 27.7 Å². The molecule has 0 spiro atoms. The van der Waals surface area contributed by atoms with Crippen LogP contribution in [0.2, 0.25) is 0 Å². The van der Waals surface area contributed by atoms with E-state index in [4.69, 9.17) is 0 Å². The zero-order valence-electron chi connectivity index (χ0n) is 25.8. The summed E-state index contributed by atoms with van der Waals surface area (Å²) in [4.78, 5) is 48.6. The maximum Gasteiger partial charge on any atom is 0.321 e. The van der Waals surface area contributed by atoms with Gasteiger partial charge in [-0.3, -0.25) is 19.2 Å². The molecule has 2 aliphatic carbocycles. The molecule has 10 nitrogen and oxygen atoms in total. The Morgan fingerprint density at radius 3 is 1.17 bits per heavy atom. The van der Waals surface area contributed by atoms with Gasteiger partial charge in [-0.1, -0.05) is 41.5 Å².